The fourth-order valence-electron chi connectivity index (χ4n) is 2.71. The van der Waals surface area contributed by atoms with Gasteiger partial charge in [0.25, 0.3) is 0 Å². The van der Waals surface area contributed by atoms with E-state index in [-0.39, 0.29) is 17.9 Å². The van der Waals surface area contributed by atoms with Crippen molar-refractivity contribution in [1.29, 1.82) is 0 Å². The molecule has 0 spiro atoms. The summed E-state index contributed by atoms with van der Waals surface area (Å²) < 4.78 is 0. The molecule has 2 unspecified atom stereocenters. The van der Waals surface area contributed by atoms with Gasteiger partial charge in [-0.25, -0.2) is 0 Å². The van der Waals surface area contributed by atoms with E-state index in [9.17, 15) is 4.79 Å². The monoisotopic (exact) mass is 261 g/mol. The Morgan fingerprint density at radius 3 is 2.74 bits per heavy atom. The average Bonchev–Trinajstić information content (AvgIpc) is 2.57. The average molecular weight is 261 g/mol. The lowest BCUT2D eigenvalue weighted by Crippen LogP contribution is -2.38. The van der Waals surface area contributed by atoms with Crippen molar-refractivity contribution in [2.45, 2.75) is 52.0 Å². The maximum atomic E-state index is 12.3. The number of nitrogens with two attached hydrogens (primary N) is 1. The number of aryl methyl sites for hydroxylation is 2. The molecule has 1 aliphatic carbocycles. The summed E-state index contributed by atoms with van der Waals surface area (Å²) in [5.74, 6) is -0.0219. The summed E-state index contributed by atoms with van der Waals surface area (Å²) in [7, 11) is 0. The second-order valence-corrected chi connectivity index (χ2v) is 5.48. The highest BCUT2D eigenvalue weighted by Gasteiger charge is 2.27. The molecule has 104 valence electrons. The third-order valence-corrected chi connectivity index (χ3v) is 3.89. The van der Waals surface area contributed by atoms with Crippen molar-refractivity contribution in [1.82, 2.24) is 4.98 Å². The fourth-order valence-corrected chi connectivity index (χ4v) is 2.71. The highest BCUT2D eigenvalue weighted by atomic mass is 16.1. The second-order valence-electron chi connectivity index (χ2n) is 5.48. The van der Waals surface area contributed by atoms with Crippen molar-refractivity contribution in [3.8, 4) is 0 Å². The Bertz CT molecular complexity index is 459. The van der Waals surface area contributed by atoms with Crippen LogP contribution >= 0.6 is 0 Å². The fraction of sp³-hybridized carbons (Fsp3) is 0.600. The van der Waals surface area contributed by atoms with Crippen LogP contribution in [0.25, 0.3) is 0 Å². The van der Waals surface area contributed by atoms with Crippen molar-refractivity contribution in [3.63, 3.8) is 0 Å². The van der Waals surface area contributed by atoms with Gasteiger partial charge in [-0.05, 0) is 38.8 Å². The highest BCUT2D eigenvalue weighted by molar-refractivity contribution is 5.93. The number of carbonyl (C=O) groups is 1. The van der Waals surface area contributed by atoms with Crippen LogP contribution in [0.1, 0.15) is 43.5 Å². The number of nitrogens with zero attached hydrogens (tertiary/aromatic N) is 1. The molecule has 1 aromatic rings. The number of carbonyl (C=O) groups excluding carboxylic acids is 1. The zero-order chi connectivity index (χ0) is 13.8. The third kappa shape index (κ3) is 3.53. The van der Waals surface area contributed by atoms with E-state index in [4.69, 9.17) is 5.73 Å². The summed E-state index contributed by atoms with van der Waals surface area (Å²) in [4.78, 5) is 16.7. The molecule has 0 aliphatic heterocycles. The van der Waals surface area contributed by atoms with Crippen LogP contribution in [0.5, 0.6) is 0 Å². The molecule has 1 saturated carbocycles. The normalized spacial score (nSPS) is 23.7. The molecule has 19 heavy (non-hydrogen) atoms. The minimum absolute atomic E-state index is 0.0128. The zero-order valence-electron chi connectivity index (χ0n) is 11.8. The summed E-state index contributed by atoms with van der Waals surface area (Å²) in [6, 6.07) is 3.81. The van der Waals surface area contributed by atoms with Crippen LogP contribution in [0.2, 0.25) is 0 Å². The summed E-state index contributed by atoms with van der Waals surface area (Å²) >= 11 is 0. The van der Waals surface area contributed by atoms with Gasteiger partial charge < -0.3 is 11.1 Å². The van der Waals surface area contributed by atoms with Crippen LogP contribution in [-0.4, -0.2) is 16.9 Å². The van der Waals surface area contributed by atoms with Crippen molar-refractivity contribution in [2.24, 2.45) is 11.7 Å². The lowest BCUT2D eigenvalue weighted by Gasteiger charge is -2.21. The predicted octanol–water partition coefficient (Wildman–Crippen LogP) is 2.54. The Hall–Kier alpha value is -1.42. The van der Waals surface area contributed by atoms with E-state index < -0.39 is 0 Å². The molecule has 0 aromatic carbocycles. The second kappa shape index (κ2) is 6.15. The maximum absolute atomic E-state index is 12.3. The quantitative estimate of drug-likeness (QED) is 0.804. The Balaban J connectivity index is 2.07. The van der Waals surface area contributed by atoms with E-state index in [1.807, 2.05) is 26.0 Å². The number of aromatic nitrogens is 1. The highest BCUT2D eigenvalue weighted by Crippen LogP contribution is 2.24. The number of amides is 1. The van der Waals surface area contributed by atoms with Gasteiger partial charge in [-0.3, -0.25) is 9.78 Å². The lowest BCUT2D eigenvalue weighted by molar-refractivity contribution is -0.120. The van der Waals surface area contributed by atoms with E-state index in [0.717, 1.165) is 42.8 Å². The van der Waals surface area contributed by atoms with Crippen molar-refractivity contribution in [2.75, 3.05) is 5.32 Å². The van der Waals surface area contributed by atoms with Gasteiger partial charge in [-0.1, -0.05) is 19.3 Å². The molecule has 1 amide bonds. The van der Waals surface area contributed by atoms with Gasteiger partial charge >= 0.3 is 0 Å². The van der Waals surface area contributed by atoms with Crippen LogP contribution in [0.15, 0.2) is 12.1 Å². The number of hydrogen-bond acceptors (Lipinski definition) is 3. The molecule has 1 fully saturated rings. The molecule has 4 nitrogen and oxygen atoms in total. The summed E-state index contributed by atoms with van der Waals surface area (Å²) in [6.45, 7) is 3.86. The van der Waals surface area contributed by atoms with E-state index in [0.29, 0.717) is 0 Å². The van der Waals surface area contributed by atoms with Gasteiger partial charge in [0.2, 0.25) is 5.91 Å². The van der Waals surface area contributed by atoms with Crippen molar-refractivity contribution < 1.29 is 4.79 Å². The van der Waals surface area contributed by atoms with Crippen LogP contribution < -0.4 is 11.1 Å². The minimum Gasteiger partial charge on any atom is -0.327 e. The number of rotatable bonds is 2. The summed E-state index contributed by atoms with van der Waals surface area (Å²) in [6.07, 6.45) is 5.25. The van der Waals surface area contributed by atoms with Gasteiger partial charge in [0.05, 0.1) is 17.3 Å². The molecule has 0 radical (unpaired) electrons. The first-order valence-electron chi connectivity index (χ1n) is 7.08. The largest absolute Gasteiger partial charge is 0.327 e. The lowest BCUT2D eigenvalue weighted by atomic mass is 9.94. The minimum atomic E-state index is -0.0665. The van der Waals surface area contributed by atoms with Gasteiger partial charge in [0, 0.05) is 11.7 Å². The van der Waals surface area contributed by atoms with Crippen molar-refractivity contribution >= 4 is 11.6 Å². The Labute approximate surface area is 114 Å². The Morgan fingerprint density at radius 1 is 1.26 bits per heavy atom. The van der Waals surface area contributed by atoms with Crippen LogP contribution in [0.4, 0.5) is 5.69 Å². The van der Waals surface area contributed by atoms with Gasteiger partial charge in [-0.15, -0.1) is 0 Å². The molecule has 1 aliphatic rings. The standard InChI is InChI=1S/C15H23N3O/c1-10-8-9-14(11(2)17-10)18-15(19)12-6-4-3-5-7-13(12)16/h8-9,12-13H,3-7,16H2,1-2H3,(H,18,19). The number of anilines is 1. The molecular weight excluding hydrogens is 238 g/mol. The third-order valence-electron chi connectivity index (χ3n) is 3.89. The zero-order valence-corrected chi connectivity index (χ0v) is 11.8. The number of nitrogens with one attached hydrogen (secondary N) is 1. The molecule has 0 saturated heterocycles. The van der Waals surface area contributed by atoms with Gasteiger partial charge in [0.15, 0.2) is 0 Å². The Kier molecular flexibility index (Phi) is 4.53. The Morgan fingerprint density at radius 2 is 2.00 bits per heavy atom. The molecule has 1 aromatic heterocycles. The van der Waals surface area contributed by atoms with E-state index >= 15 is 0 Å². The molecule has 4 heteroatoms. The number of pyridine rings is 1. The molecule has 2 atom stereocenters. The number of hydrogen-bond donors (Lipinski definition) is 2. The predicted molar refractivity (Wildman–Crippen MR) is 76.9 cm³/mol. The van der Waals surface area contributed by atoms with Crippen LogP contribution in [-0.2, 0) is 4.79 Å². The molecule has 0 bridgehead atoms. The first kappa shape index (κ1) is 14.0. The summed E-state index contributed by atoms with van der Waals surface area (Å²) in [5, 5.41) is 2.98. The molecule has 1 heterocycles. The maximum Gasteiger partial charge on any atom is 0.229 e. The first-order chi connectivity index (χ1) is 9.08. The van der Waals surface area contributed by atoms with Crippen molar-refractivity contribution in [3.05, 3.63) is 23.5 Å². The van der Waals surface area contributed by atoms with E-state index in [2.05, 4.69) is 10.3 Å². The summed E-state index contributed by atoms with van der Waals surface area (Å²) in [5.41, 5.74) is 8.73. The van der Waals surface area contributed by atoms with E-state index in [1.165, 1.54) is 6.42 Å². The SMILES string of the molecule is Cc1ccc(NC(=O)C2CCCCCC2N)c(C)n1. The van der Waals surface area contributed by atoms with Crippen LogP contribution in [0.3, 0.4) is 0 Å². The smallest absolute Gasteiger partial charge is 0.229 e. The molecule has 3 N–H and O–H groups in total. The first-order valence-corrected chi connectivity index (χ1v) is 7.08. The van der Waals surface area contributed by atoms with Gasteiger partial charge in [-0.2, -0.15) is 0 Å². The van der Waals surface area contributed by atoms with Crippen LogP contribution in [0, 0.1) is 19.8 Å². The topological polar surface area (TPSA) is 68.0 Å². The molecule has 2 rings (SSSR count). The van der Waals surface area contributed by atoms with Gasteiger partial charge in [0.1, 0.15) is 0 Å². The molecular formula is C15H23N3O. The van der Waals surface area contributed by atoms with E-state index in [1.54, 1.807) is 0 Å².